The van der Waals surface area contributed by atoms with Crippen LogP contribution in [0.25, 0.3) is 11.4 Å². The third kappa shape index (κ3) is 4.23. The molecule has 1 aliphatic heterocycles. The van der Waals surface area contributed by atoms with E-state index >= 15 is 0 Å². The van der Waals surface area contributed by atoms with E-state index in [1.165, 1.54) is 12.1 Å². The van der Waals surface area contributed by atoms with Gasteiger partial charge in [-0.1, -0.05) is 6.07 Å². The maximum atomic E-state index is 13.9. The Hall–Kier alpha value is -3.35. The van der Waals surface area contributed by atoms with Crippen molar-refractivity contribution in [2.45, 2.75) is 32.9 Å². The number of benzene rings is 1. The van der Waals surface area contributed by atoms with Gasteiger partial charge in [0.2, 0.25) is 5.91 Å². The molecule has 0 aliphatic carbocycles. The largest absolute Gasteiger partial charge is 0.363 e. The topological polar surface area (TPSA) is 71.0 Å². The molecule has 1 aromatic carbocycles. The van der Waals surface area contributed by atoms with E-state index in [0.29, 0.717) is 31.2 Å². The van der Waals surface area contributed by atoms with Crippen LogP contribution in [-0.4, -0.2) is 32.3 Å². The van der Waals surface area contributed by atoms with Crippen molar-refractivity contribution in [1.29, 1.82) is 0 Å². The lowest BCUT2D eigenvalue weighted by Gasteiger charge is -2.20. The number of aryl methyl sites for hydroxylation is 1. The van der Waals surface area contributed by atoms with Crippen molar-refractivity contribution >= 4 is 11.7 Å². The molecule has 29 heavy (non-hydrogen) atoms. The fraction of sp³-hybridized carbons (Fsp3) is 0.273. The first kappa shape index (κ1) is 19.0. The first-order valence-electron chi connectivity index (χ1n) is 9.56. The molecule has 148 valence electrons. The molecule has 7 heteroatoms. The first-order chi connectivity index (χ1) is 14.0. The first-order valence-corrected chi connectivity index (χ1v) is 9.56. The summed E-state index contributed by atoms with van der Waals surface area (Å²) in [7, 11) is 0. The number of pyridine rings is 1. The molecule has 0 saturated heterocycles. The van der Waals surface area contributed by atoms with Crippen molar-refractivity contribution in [2.24, 2.45) is 0 Å². The number of halogens is 1. The van der Waals surface area contributed by atoms with E-state index in [0.717, 1.165) is 22.4 Å². The minimum atomic E-state index is -0.301. The summed E-state index contributed by atoms with van der Waals surface area (Å²) in [6.45, 7) is 4.45. The second-order valence-electron chi connectivity index (χ2n) is 7.23. The minimum absolute atomic E-state index is 0.0161. The Balaban J connectivity index is 1.67. The molecule has 0 spiro atoms. The molecule has 1 N–H and O–H groups in total. The van der Waals surface area contributed by atoms with Crippen molar-refractivity contribution in [3.8, 4) is 11.4 Å². The zero-order chi connectivity index (χ0) is 20.4. The number of fused-ring (bicyclic) bond motifs is 1. The van der Waals surface area contributed by atoms with Gasteiger partial charge in [-0.05, 0) is 48.7 Å². The third-order valence-electron chi connectivity index (χ3n) is 5.07. The van der Waals surface area contributed by atoms with Crippen LogP contribution in [0.3, 0.4) is 0 Å². The van der Waals surface area contributed by atoms with E-state index in [1.807, 2.05) is 25.1 Å². The highest BCUT2D eigenvalue weighted by Crippen LogP contribution is 2.30. The predicted molar refractivity (Wildman–Crippen MR) is 108 cm³/mol. The molecule has 1 aliphatic rings. The molecule has 0 saturated carbocycles. The van der Waals surface area contributed by atoms with Gasteiger partial charge in [-0.25, -0.2) is 14.4 Å². The number of hydrogen-bond acceptors (Lipinski definition) is 5. The summed E-state index contributed by atoms with van der Waals surface area (Å²) in [5.41, 5.74) is 3.47. The lowest BCUT2D eigenvalue weighted by Crippen LogP contribution is -2.28. The Labute approximate surface area is 168 Å². The maximum Gasteiger partial charge on any atom is 0.219 e. The SMILES string of the molecule is CC(=O)N1CCC(Nc2cc(C)nc(-c3cccnc3)n2)c2ccc(F)cc2C1. The lowest BCUT2D eigenvalue weighted by atomic mass is 9.99. The summed E-state index contributed by atoms with van der Waals surface area (Å²) in [5.74, 6) is 0.967. The monoisotopic (exact) mass is 391 g/mol. The molecular weight excluding hydrogens is 369 g/mol. The van der Waals surface area contributed by atoms with Crippen LogP contribution in [-0.2, 0) is 11.3 Å². The number of carbonyl (C=O) groups is 1. The van der Waals surface area contributed by atoms with Gasteiger partial charge < -0.3 is 10.2 Å². The van der Waals surface area contributed by atoms with Crippen LogP contribution in [0.15, 0.2) is 48.8 Å². The van der Waals surface area contributed by atoms with Crippen LogP contribution in [0.2, 0.25) is 0 Å². The zero-order valence-corrected chi connectivity index (χ0v) is 16.4. The Morgan fingerprint density at radius 1 is 1.24 bits per heavy atom. The van der Waals surface area contributed by atoms with E-state index in [1.54, 1.807) is 30.3 Å². The summed E-state index contributed by atoms with van der Waals surface area (Å²) < 4.78 is 13.9. The fourth-order valence-electron chi connectivity index (χ4n) is 3.64. The van der Waals surface area contributed by atoms with Gasteiger partial charge >= 0.3 is 0 Å². The predicted octanol–water partition coefficient (Wildman–Crippen LogP) is 3.89. The average molecular weight is 391 g/mol. The summed E-state index contributed by atoms with van der Waals surface area (Å²) in [6, 6.07) is 10.3. The van der Waals surface area contributed by atoms with Crippen molar-refractivity contribution in [3.63, 3.8) is 0 Å². The Bertz CT molecular complexity index is 1040. The normalized spacial score (nSPS) is 16.1. The number of anilines is 1. The number of nitrogens with one attached hydrogen (secondary N) is 1. The van der Waals surface area contributed by atoms with Gasteiger partial charge in [0.25, 0.3) is 0 Å². The van der Waals surface area contributed by atoms with Gasteiger partial charge in [0.1, 0.15) is 11.6 Å². The van der Waals surface area contributed by atoms with Gasteiger partial charge in [-0.3, -0.25) is 9.78 Å². The Kier molecular flexibility index (Phi) is 5.20. The van der Waals surface area contributed by atoms with Crippen LogP contribution in [0.4, 0.5) is 10.2 Å². The van der Waals surface area contributed by atoms with Gasteiger partial charge in [0.15, 0.2) is 5.82 Å². The van der Waals surface area contributed by atoms with Crippen LogP contribution < -0.4 is 5.32 Å². The Morgan fingerprint density at radius 2 is 2.10 bits per heavy atom. The van der Waals surface area contributed by atoms with Crippen LogP contribution >= 0.6 is 0 Å². The van der Waals surface area contributed by atoms with Crippen molar-refractivity contribution in [1.82, 2.24) is 19.9 Å². The second kappa shape index (κ2) is 7.95. The molecule has 1 amide bonds. The van der Waals surface area contributed by atoms with Crippen molar-refractivity contribution in [3.05, 3.63) is 71.4 Å². The molecular formula is C22H22FN5O. The molecule has 0 radical (unpaired) electrons. The molecule has 6 nitrogen and oxygen atoms in total. The van der Waals surface area contributed by atoms with Crippen molar-refractivity contribution in [2.75, 3.05) is 11.9 Å². The molecule has 0 fully saturated rings. The molecule has 2 aromatic heterocycles. The standard InChI is InChI=1S/C22H22FN5O/c1-14-10-21(27-22(25-14)16-4-3-8-24-12-16)26-20-7-9-28(15(2)29)13-17-11-18(23)5-6-19(17)20/h3-6,8,10-12,20H,7,9,13H2,1-2H3,(H,25,26,27). The number of carbonyl (C=O) groups excluding carboxylic acids is 1. The number of nitrogens with zero attached hydrogens (tertiary/aromatic N) is 4. The zero-order valence-electron chi connectivity index (χ0n) is 16.4. The quantitative estimate of drug-likeness (QED) is 0.733. The van der Waals surface area contributed by atoms with Gasteiger partial charge in [-0.15, -0.1) is 0 Å². The van der Waals surface area contributed by atoms with Gasteiger partial charge in [0, 0.05) is 49.7 Å². The maximum absolute atomic E-state index is 13.9. The fourth-order valence-corrected chi connectivity index (χ4v) is 3.64. The number of hydrogen-bond donors (Lipinski definition) is 1. The highest BCUT2D eigenvalue weighted by molar-refractivity contribution is 5.73. The molecule has 3 aromatic rings. The summed E-state index contributed by atoms with van der Waals surface area (Å²) in [6.07, 6.45) is 4.14. The van der Waals surface area contributed by atoms with Crippen LogP contribution in [0, 0.1) is 12.7 Å². The number of aromatic nitrogens is 3. The summed E-state index contributed by atoms with van der Waals surface area (Å²) in [4.78, 5) is 27.0. The third-order valence-corrected chi connectivity index (χ3v) is 5.07. The van der Waals surface area contributed by atoms with Gasteiger partial charge in [0.05, 0.1) is 6.04 Å². The van der Waals surface area contributed by atoms with E-state index in [9.17, 15) is 9.18 Å². The number of amides is 1. The lowest BCUT2D eigenvalue weighted by molar-refractivity contribution is -0.129. The van der Waals surface area contributed by atoms with E-state index in [2.05, 4.69) is 20.3 Å². The van der Waals surface area contributed by atoms with Gasteiger partial charge in [-0.2, -0.15) is 0 Å². The summed E-state index contributed by atoms with van der Waals surface area (Å²) >= 11 is 0. The van der Waals surface area contributed by atoms with E-state index < -0.39 is 0 Å². The molecule has 1 atom stereocenters. The van der Waals surface area contributed by atoms with E-state index in [4.69, 9.17) is 0 Å². The highest BCUT2D eigenvalue weighted by atomic mass is 19.1. The second-order valence-corrected chi connectivity index (χ2v) is 7.23. The van der Waals surface area contributed by atoms with Crippen LogP contribution in [0.1, 0.15) is 36.2 Å². The van der Waals surface area contributed by atoms with Crippen molar-refractivity contribution < 1.29 is 9.18 Å². The van der Waals surface area contributed by atoms with Crippen LogP contribution in [0.5, 0.6) is 0 Å². The summed E-state index contributed by atoms with van der Waals surface area (Å²) in [5, 5.41) is 3.48. The number of rotatable bonds is 3. The minimum Gasteiger partial charge on any atom is -0.363 e. The molecule has 1 unspecified atom stereocenters. The molecule has 3 heterocycles. The smallest absolute Gasteiger partial charge is 0.219 e. The molecule has 0 bridgehead atoms. The van der Waals surface area contributed by atoms with E-state index in [-0.39, 0.29) is 17.8 Å². The highest BCUT2D eigenvalue weighted by Gasteiger charge is 2.24. The average Bonchev–Trinajstić information content (AvgIpc) is 2.87. The Morgan fingerprint density at radius 3 is 2.86 bits per heavy atom. The molecule has 4 rings (SSSR count).